The topological polar surface area (TPSA) is 84.2 Å². The highest BCUT2D eigenvalue weighted by Crippen LogP contribution is 2.38. The van der Waals surface area contributed by atoms with Gasteiger partial charge >= 0.3 is 5.97 Å². The van der Waals surface area contributed by atoms with E-state index in [0.717, 1.165) is 27.0 Å². The van der Waals surface area contributed by atoms with E-state index >= 15 is 0 Å². The van der Waals surface area contributed by atoms with Crippen molar-refractivity contribution in [3.05, 3.63) is 125 Å². The molecule has 218 valence electrons. The number of fused-ring (bicyclic) bond motifs is 2. The van der Waals surface area contributed by atoms with Crippen LogP contribution in [0, 0.1) is 0 Å². The minimum Gasteiger partial charge on any atom is -0.463 e. The number of anilines is 2. The van der Waals surface area contributed by atoms with Crippen molar-refractivity contribution < 1.29 is 14.3 Å². The van der Waals surface area contributed by atoms with Crippen LogP contribution in [0.5, 0.6) is 0 Å². The Kier molecular flexibility index (Phi) is 7.66. The number of aromatic nitrogens is 1. The Balaban J connectivity index is 1.58. The summed E-state index contributed by atoms with van der Waals surface area (Å²) in [5, 5.41) is 0. The van der Waals surface area contributed by atoms with E-state index in [9.17, 15) is 14.4 Å². The first-order valence-electron chi connectivity index (χ1n) is 13.8. The van der Waals surface area contributed by atoms with Gasteiger partial charge in [0.25, 0.3) is 11.5 Å². The molecular formula is C33H29BrN4O4S. The third kappa shape index (κ3) is 5.04. The van der Waals surface area contributed by atoms with Crippen molar-refractivity contribution in [3.63, 3.8) is 0 Å². The van der Waals surface area contributed by atoms with E-state index in [1.54, 1.807) is 18.7 Å². The number of ether oxygens (including phenoxy) is 1. The first-order chi connectivity index (χ1) is 20.7. The van der Waals surface area contributed by atoms with Crippen LogP contribution in [0.1, 0.15) is 36.6 Å². The number of nitrogens with zero attached hydrogens (tertiary/aromatic N) is 4. The van der Waals surface area contributed by atoms with Gasteiger partial charge in [-0.2, -0.15) is 0 Å². The molecule has 0 radical (unpaired) electrons. The van der Waals surface area contributed by atoms with Crippen molar-refractivity contribution in [3.8, 4) is 0 Å². The van der Waals surface area contributed by atoms with E-state index in [1.807, 2.05) is 91.8 Å². The Morgan fingerprint density at radius 2 is 1.77 bits per heavy atom. The third-order valence-electron chi connectivity index (χ3n) is 7.61. The van der Waals surface area contributed by atoms with Crippen LogP contribution in [0.3, 0.4) is 0 Å². The Morgan fingerprint density at radius 1 is 1.05 bits per heavy atom. The lowest BCUT2D eigenvalue weighted by Crippen LogP contribution is -2.41. The first kappa shape index (κ1) is 28.8. The van der Waals surface area contributed by atoms with Gasteiger partial charge in [-0.15, -0.1) is 0 Å². The molecule has 3 heterocycles. The molecule has 0 unspecified atom stereocenters. The van der Waals surface area contributed by atoms with Gasteiger partial charge < -0.3 is 14.5 Å². The zero-order valence-corrected chi connectivity index (χ0v) is 26.5. The molecule has 0 saturated carbocycles. The molecule has 0 aliphatic carbocycles. The second kappa shape index (κ2) is 11.4. The molecule has 3 aromatic carbocycles. The average Bonchev–Trinajstić information content (AvgIpc) is 3.44. The van der Waals surface area contributed by atoms with Crippen LogP contribution in [-0.4, -0.2) is 37.1 Å². The quantitative estimate of drug-likeness (QED) is 0.285. The Bertz CT molecular complexity index is 1980. The molecule has 6 rings (SSSR count). The fourth-order valence-electron chi connectivity index (χ4n) is 5.56. The first-order valence-corrected chi connectivity index (χ1v) is 15.5. The monoisotopic (exact) mass is 656 g/mol. The number of hydrogen-bond donors (Lipinski definition) is 0. The van der Waals surface area contributed by atoms with Crippen molar-refractivity contribution in [1.29, 1.82) is 0 Å². The molecule has 2 aliphatic rings. The molecule has 43 heavy (non-hydrogen) atoms. The number of allylic oxidation sites excluding steroid dienone is 1. The highest BCUT2D eigenvalue weighted by Gasteiger charge is 2.37. The molecular weight excluding hydrogens is 628 g/mol. The largest absolute Gasteiger partial charge is 0.463 e. The lowest BCUT2D eigenvalue weighted by molar-refractivity contribution is -0.139. The van der Waals surface area contributed by atoms with Crippen LogP contribution >= 0.6 is 27.3 Å². The van der Waals surface area contributed by atoms with E-state index in [-0.39, 0.29) is 22.6 Å². The van der Waals surface area contributed by atoms with Crippen LogP contribution < -0.4 is 24.7 Å². The second-order valence-electron chi connectivity index (χ2n) is 10.5. The normalized spacial score (nSPS) is 17.0. The maximum absolute atomic E-state index is 14.4. The molecule has 0 spiro atoms. The van der Waals surface area contributed by atoms with Gasteiger partial charge in [-0.05, 0) is 55.3 Å². The number of esters is 1. The minimum atomic E-state index is -0.764. The molecule has 10 heteroatoms. The van der Waals surface area contributed by atoms with Gasteiger partial charge in [0.15, 0.2) is 4.80 Å². The van der Waals surface area contributed by atoms with Crippen molar-refractivity contribution in [2.75, 3.05) is 30.5 Å². The van der Waals surface area contributed by atoms with Crippen LogP contribution in [0.2, 0.25) is 0 Å². The summed E-state index contributed by atoms with van der Waals surface area (Å²) in [7, 11) is 3.90. The average molecular weight is 658 g/mol. The van der Waals surface area contributed by atoms with Gasteiger partial charge in [0.05, 0.1) is 41.7 Å². The number of hydrogen-bond acceptors (Lipinski definition) is 7. The van der Waals surface area contributed by atoms with Gasteiger partial charge in [0.1, 0.15) is 4.53 Å². The van der Waals surface area contributed by atoms with Crippen LogP contribution in [0.25, 0.3) is 5.57 Å². The summed E-state index contributed by atoms with van der Waals surface area (Å²) < 4.78 is 8.04. The van der Waals surface area contributed by atoms with Crippen LogP contribution in [0.4, 0.5) is 11.4 Å². The third-order valence-corrected chi connectivity index (χ3v) is 9.15. The molecule has 1 amide bonds. The lowest BCUT2D eigenvalue weighted by Gasteiger charge is -2.25. The maximum atomic E-state index is 14.4. The molecule has 0 bridgehead atoms. The highest BCUT2D eigenvalue weighted by molar-refractivity contribution is 9.10. The van der Waals surface area contributed by atoms with E-state index in [4.69, 9.17) is 9.73 Å². The predicted molar refractivity (Wildman–Crippen MR) is 172 cm³/mol. The molecule has 0 N–H and O–H groups in total. The summed E-state index contributed by atoms with van der Waals surface area (Å²) in [4.78, 5) is 50.6. The standard InChI is InChI=1S/C33H29BrN4O4S/c1-5-42-32(41)26-19(2)35-33-38(28(26)21-11-14-23(15-12-21)36(3)4)31(40)29(43-33)27-24-17-22(34)13-16-25(24)37(30(27)39)18-20-9-7-6-8-10-20/h6-17,28H,5,18H2,1-4H3/b29-27-/t28-/m0/s1. The molecule has 2 aliphatic heterocycles. The van der Waals surface area contributed by atoms with E-state index < -0.39 is 12.0 Å². The summed E-state index contributed by atoms with van der Waals surface area (Å²) in [5.41, 5.74) is 4.84. The number of benzene rings is 3. The van der Waals surface area contributed by atoms with Crippen molar-refractivity contribution in [1.82, 2.24) is 4.57 Å². The fraction of sp³-hybridized carbons (Fsp3) is 0.212. The Labute approximate surface area is 261 Å². The molecule has 1 atom stereocenters. The predicted octanol–water partition coefficient (Wildman–Crippen LogP) is 4.54. The van der Waals surface area contributed by atoms with E-state index in [1.165, 1.54) is 15.9 Å². The lowest BCUT2D eigenvalue weighted by atomic mass is 9.95. The Hall–Kier alpha value is -4.28. The summed E-state index contributed by atoms with van der Waals surface area (Å²) in [6.07, 6.45) is 0. The summed E-state index contributed by atoms with van der Waals surface area (Å²) in [6, 6.07) is 22.4. The van der Waals surface area contributed by atoms with Gasteiger partial charge in [-0.25, -0.2) is 9.79 Å². The van der Waals surface area contributed by atoms with Gasteiger partial charge in [0.2, 0.25) is 0 Å². The van der Waals surface area contributed by atoms with Crippen molar-refractivity contribution in [2.45, 2.75) is 26.4 Å². The number of carbonyl (C=O) groups excluding carboxylic acids is 2. The summed E-state index contributed by atoms with van der Waals surface area (Å²) in [6.45, 7) is 4.05. The molecule has 0 saturated heterocycles. The minimum absolute atomic E-state index is 0.188. The molecule has 0 fully saturated rings. The van der Waals surface area contributed by atoms with Gasteiger partial charge in [-0.1, -0.05) is 69.7 Å². The number of thiazole rings is 1. The van der Waals surface area contributed by atoms with Crippen LogP contribution in [0.15, 0.2) is 98.3 Å². The smallest absolute Gasteiger partial charge is 0.338 e. The summed E-state index contributed by atoms with van der Waals surface area (Å²) in [5.74, 6) is -0.779. The van der Waals surface area contributed by atoms with Gasteiger partial charge in [0, 0.05) is 29.8 Å². The Morgan fingerprint density at radius 3 is 2.44 bits per heavy atom. The fourth-order valence-corrected chi connectivity index (χ4v) is 7.06. The SMILES string of the molecule is CCOC(=O)C1=C(C)N=c2s/c(=C3\C(=O)N(Cc4ccccc4)c4ccc(Br)cc43)c(=O)n2[C@H]1c1ccc(N(C)C)cc1. The van der Waals surface area contributed by atoms with Crippen molar-refractivity contribution in [2.24, 2.45) is 4.99 Å². The number of amides is 1. The maximum Gasteiger partial charge on any atom is 0.338 e. The highest BCUT2D eigenvalue weighted by atomic mass is 79.9. The number of rotatable bonds is 6. The molecule has 4 aromatic rings. The molecule has 1 aromatic heterocycles. The van der Waals surface area contributed by atoms with E-state index in [2.05, 4.69) is 15.9 Å². The van der Waals surface area contributed by atoms with Crippen LogP contribution in [-0.2, 0) is 20.9 Å². The number of halogens is 1. The zero-order valence-electron chi connectivity index (χ0n) is 24.1. The number of carbonyl (C=O) groups is 2. The van der Waals surface area contributed by atoms with Crippen molar-refractivity contribution >= 4 is 56.1 Å². The summed E-state index contributed by atoms with van der Waals surface area (Å²) >= 11 is 4.71. The van der Waals surface area contributed by atoms with Gasteiger partial charge in [-0.3, -0.25) is 14.2 Å². The molecule has 8 nitrogen and oxygen atoms in total. The zero-order chi connectivity index (χ0) is 30.4. The van der Waals surface area contributed by atoms with E-state index in [0.29, 0.717) is 33.8 Å². The second-order valence-corrected chi connectivity index (χ2v) is 12.4.